The molecular weight excluding hydrogens is 313 g/mol. The van der Waals surface area contributed by atoms with Gasteiger partial charge >= 0.3 is 0 Å². The van der Waals surface area contributed by atoms with Crippen LogP contribution in [0.15, 0.2) is 12.1 Å². The average molecular weight is 326 g/mol. The number of ketones is 1. The summed E-state index contributed by atoms with van der Waals surface area (Å²) >= 11 is 11.9. The first-order valence-electron chi connectivity index (χ1n) is 6.61. The Bertz CT molecular complexity index is 694. The van der Waals surface area contributed by atoms with Gasteiger partial charge in [-0.3, -0.25) is 9.59 Å². The van der Waals surface area contributed by atoms with E-state index in [4.69, 9.17) is 23.2 Å². The molecule has 1 amide bonds. The number of hydrogen-bond acceptors (Lipinski definition) is 3. The number of nitrogens with zero attached hydrogens (tertiary/aromatic N) is 1. The summed E-state index contributed by atoms with van der Waals surface area (Å²) in [4.78, 5) is 30.4. The third kappa shape index (κ3) is 2.76. The predicted octanol–water partition coefficient (Wildman–Crippen LogP) is 3.03. The quantitative estimate of drug-likeness (QED) is 0.910. The van der Waals surface area contributed by atoms with Gasteiger partial charge in [-0.15, -0.1) is 0 Å². The summed E-state index contributed by atoms with van der Waals surface area (Å²) in [5, 5.41) is 3.74. The highest BCUT2D eigenvalue weighted by Gasteiger charge is 2.33. The van der Waals surface area contributed by atoms with E-state index in [-0.39, 0.29) is 23.7 Å². The van der Waals surface area contributed by atoms with Crippen LogP contribution in [-0.2, 0) is 9.59 Å². The van der Waals surface area contributed by atoms with Crippen molar-refractivity contribution in [3.05, 3.63) is 28.0 Å². The Balaban J connectivity index is 1.76. The number of aromatic amines is 1. The molecule has 1 fully saturated rings. The number of fused-ring (bicyclic) bond motifs is 1. The first-order valence-corrected chi connectivity index (χ1v) is 7.36. The molecule has 1 unspecified atom stereocenters. The lowest BCUT2D eigenvalue weighted by Gasteiger charge is -2.24. The third-order valence-electron chi connectivity index (χ3n) is 3.63. The average Bonchev–Trinajstić information content (AvgIpc) is 2.78. The lowest BCUT2D eigenvalue weighted by molar-refractivity contribution is -0.138. The molecule has 21 heavy (non-hydrogen) atoms. The van der Waals surface area contributed by atoms with E-state index in [1.54, 1.807) is 12.1 Å². The van der Waals surface area contributed by atoms with Gasteiger partial charge in [0.1, 0.15) is 11.6 Å². The molecule has 1 aromatic heterocycles. The molecule has 1 heterocycles. The molecule has 7 heteroatoms. The van der Waals surface area contributed by atoms with E-state index in [2.05, 4.69) is 15.3 Å². The van der Waals surface area contributed by atoms with Crippen molar-refractivity contribution in [2.45, 2.75) is 25.8 Å². The van der Waals surface area contributed by atoms with E-state index in [1.807, 2.05) is 6.92 Å². The molecule has 5 nitrogen and oxygen atoms in total. The maximum absolute atomic E-state index is 11.9. The molecule has 0 aliphatic heterocycles. The Morgan fingerprint density at radius 2 is 2.05 bits per heavy atom. The number of aromatic nitrogens is 2. The highest BCUT2D eigenvalue weighted by molar-refractivity contribution is 6.42. The van der Waals surface area contributed by atoms with Crippen LogP contribution in [-0.4, -0.2) is 21.7 Å². The van der Waals surface area contributed by atoms with Crippen molar-refractivity contribution in [1.82, 2.24) is 15.3 Å². The fraction of sp³-hybridized carbons (Fsp3) is 0.357. The van der Waals surface area contributed by atoms with Gasteiger partial charge in [0.2, 0.25) is 5.91 Å². The molecule has 0 bridgehead atoms. The lowest BCUT2D eigenvalue weighted by atomic mass is 9.83. The van der Waals surface area contributed by atoms with Gasteiger partial charge in [-0.05, 0) is 19.1 Å². The maximum atomic E-state index is 11.9. The van der Waals surface area contributed by atoms with Gasteiger partial charge in [0, 0.05) is 12.8 Å². The van der Waals surface area contributed by atoms with Crippen molar-refractivity contribution in [3.8, 4) is 0 Å². The molecular formula is C14H13Cl2N3O2. The SMILES string of the molecule is CC(NC(=O)C1CC(=O)C1)c1nc2cc(Cl)c(Cl)cc2[nH]1. The minimum Gasteiger partial charge on any atom is -0.346 e. The van der Waals surface area contributed by atoms with Crippen LogP contribution in [0.1, 0.15) is 31.6 Å². The second-order valence-electron chi connectivity index (χ2n) is 5.28. The summed E-state index contributed by atoms with van der Waals surface area (Å²) in [5.74, 6) is 0.449. The van der Waals surface area contributed by atoms with E-state index >= 15 is 0 Å². The molecule has 2 N–H and O–H groups in total. The number of hydrogen-bond donors (Lipinski definition) is 2. The Kier molecular flexibility index (Phi) is 3.63. The number of halogens is 2. The zero-order valence-electron chi connectivity index (χ0n) is 11.2. The van der Waals surface area contributed by atoms with Crippen molar-refractivity contribution in [2.24, 2.45) is 5.92 Å². The molecule has 2 aromatic rings. The smallest absolute Gasteiger partial charge is 0.224 e. The summed E-state index contributed by atoms with van der Waals surface area (Å²) in [6.07, 6.45) is 0.674. The topological polar surface area (TPSA) is 74.8 Å². The van der Waals surface area contributed by atoms with Crippen molar-refractivity contribution in [1.29, 1.82) is 0 Å². The van der Waals surface area contributed by atoms with Gasteiger partial charge < -0.3 is 10.3 Å². The summed E-state index contributed by atoms with van der Waals surface area (Å²) < 4.78 is 0. The summed E-state index contributed by atoms with van der Waals surface area (Å²) in [6.45, 7) is 1.83. The summed E-state index contributed by atoms with van der Waals surface area (Å²) in [5.41, 5.74) is 1.46. The highest BCUT2D eigenvalue weighted by atomic mass is 35.5. The van der Waals surface area contributed by atoms with Crippen LogP contribution >= 0.6 is 23.2 Å². The van der Waals surface area contributed by atoms with Crippen LogP contribution in [0.25, 0.3) is 11.0 Å². The number of carbonyl (C=O) groups is 2. The van der Waals surface area contributed by atoms with Gasteiger partial charge in [-0.1, -0.05) is 23.2 Å². The summed E-state index contributed by atoms with van der Waals surface area (Å²) in [6, 6.07) is 3.10. The monoisotopic (exact) mass is 325 g/mol. The minimum absolute atomic E-state index is 0.112. The molecule has 1 aliphatic carbocycles. The van der Waals surface area contributed by atoms with Crippen LogP contribution in [0.2, 0.25) is 10.0 Å². The predicted molar refractivity (Wildman–Crippen MR) is 80.4 cm³/mol. The van der Waals surface area contributed by atoms with Gasteiger partial charge in [0.25, 0.3) is 0 Å². The molecule has 0 saturated heterocycles. The normalized spacial score (nSPS) is 16.8. The standard InChI is InChI=1S/C14H13Cl2N3O2/c1-6(17-14(21)7-2-8(20)3-7)13-18-11-4-9(15)10(16)5-12(11)19-13/h4-7H,2-3H2,1H3,(H,17,21)(H,18,19). The number of amides is 1. The maximum Gasteiger partial charge on any atom is 0.224 e. The first kappa shape index (κ1) is 14.4. The van der Waals surface area contributed by atoms with Crippen molar-refractivity contribution >= 4 is 45.9 Å². The Morgan fingerprint density at radius 1 is 1.38 bits per heavy atom. The minimum atomic E-state index is -0.279. The van der Waals surface area contributed by atoms with E-state index in [0.29, 0.717) is 34.2 Å². The number of Topliss-reactive ketones (excluding diaryl/α,β-unsaturated/α-hetero) is 1. The number of carbonyl (C=O) groups excluding carboxylic acids is 2. The molecule has 0 spiro atoms. The first-order chi connectivity index (χ1) is 9.94. The fourth-order valence-corrected chi connectivity index (χ4v) is 2.63. The molecule has 1 atom stereocenters. The zero-order chi connectivity index (χ0) is 15.1. The number of nitrogens with one attached hydrogen (secondary N) is 2. The molecule has 3 rings (SSSR count). The number of benzene rings is 1. The molecule has 110 valence electrons. The lowest BCUT2D eigenvalue weighted by Crippen LogP contribution is -2.40. The van der Waals surface area contributed by atoms with Gasteiger partial charge in [-0.2, -0.15) is 0 Å². The van der Waals surface area contributed by atoms with Crippen molar-refractivity contribution in [2.75, 3.05) is 0 Å². The van der Waals surface area contributed by atoms with E-state index in [0.717, 1.165) is 5.52 Å². The third-order valence-corrected chi connectivity index (χ3v) is 4.35. The van der Waals surface area contributed by atoms with Crippen molar-refractivity contribution < 1.29 is 9.59 Å². The number of rotatable bonds is 3. The highest BCUT2D eigenvalue weighted by Crippen LogP contribution is 2.28. The largest absolute Gasteiger partial charge is 0.346 e. The van der Waals surface area contributed by atoms with Gasteiger partial charge in [0.05, 0.1) is 33.0 Å². The van der Waals surface area contributed by atoms with E-state index in [1.165, 1.54) is 0 Å². The zero-order valence-corrected chi connectivity index (χ0v) is 12.8. The van der Waals surface area contributed by atoms with Crippen molar-refractivity contribution in [3.63, 3.8) is 0 Å². The fourth-order valence-electron chi connectivity index (χ4n) is 2.30. The van der Waals surface area contributed by atoms with E-state index < -0.39 is 0 Å². The molecule has 1 aliphatic rings. The van der Waals surface area contributed by atoms with Crippen LogP contribution in [0.4, 0.5) is 0 Å². The van der Waals surface area contributed by atoms with Gasteiger partial charge in [0.15, 0.2) is 0 Å². The second kappa shape index (κ2) is 5.31. The van der Waals surface area contributed by atoms with Crippen LogP contribution < -0.4 is 5.32 Å². The molecule has 1 saturated carbocycles. The number of H-pyrrole nitrogens is 1. The Morgan fingerprint density at radius 3 is 2.71 bits per heavy atom. The van der Waals surface area contributed by atoms with Crippen LogP contribution in [0.3, 0.4) is 0 Å². The van der Waals surface area contributed by atoms with Gasteiger partial charge in [-0.25, -0.2) is 4.98 Å². The summed E-state index contributed by atoms with van der Waals surface area (Å²) in [7, 11) is 0. The molecule has 1 aromatic carbocycles. The van der Waals surface area contributed by atoms with Crippen LogP contribution in [0.5, 0.6) is 0 Å². The van der Waals surface area contributed by atoms with E-state index in [9.17, 15) is 9.59 Å². The number of imidazole rings is 1. The Hall–Kier alpha value is -1.59. The second-order valence-corrected chi connectivity index (χ2v) is 6.09. The van der Waals surface area contributed by atoms with Crippen LogP contribution in [0, 0.1) is 5.92 Å². The Labute approximate surface area is 131 Å². The molecule has 0 radical (unpaired) electrons.